The van der Waals surface area contributed by atoms with E-state index in [0.29, 0.717) is 0 Å². The Hall–Kier alpha value is -1.83. The second-order valence-electron chi connectivity index (χ2n) is 3.10. The van der Waals surface area contributed by atoms with Crippen LogP contribution in [0.5, 0.6) is 0 Å². The summed E-state index contributed by atoms with van der Waals surface area (Å²) in [5, 5.41) is 0. The van der Waals surface area contributed by atoms with Crippen molar-refractivity contribution in [2.24, 2.45) is 0 Å². The molecule has 2 heteroatoms. The molecule has 70 valence electrons. The van der Waals surface area contributed by atoms with Gasteiger partial charge in [0, 0.05) is 18.9 Å². The summed E-state index contributed by atoms with van der Waals surface area (Å²) in [4.78, 5) is 4.18. The van der Waals surface area contributed by atoms with E-state index in [-0.39, 0.29) is 0 Å². The van der Waals surface area contributed by atoms with Gasteiger partial charge in [-0.2, -0.15) is 0 Å². The van der Waals surface area contributed by atoms with Gasteiger partial charge < -0.3 is 4.57 Å². The van der Waals surface area contributed by atoms with E-state index in [1.807, 2.05) is 24.4 Å². The fourth-order valence-corrected chi connectivity index (χ4v) is 1.42. The van der Waals surface area contributed by atoms with Crippen LogP contribution < -0.4 is 0 Å². The molecule has 2 nitrogen and oxygen atoms in total. The second kappa shape index (κ2) is 3.92. The van der Waals surface area contributed by atoms with Gasteiger partial charge in [0.1, 0.15) is 5.82 Å². The lowest BCUT2D eigenvalue weighted by molar-refractivity contribution is 0.787. The number of benzene rings is 1. The summed E-state index contributed by atoms with van der Waals surface area (Å²) >= 11 is 0. The lowest BCUT2D eigenvalue weighted by Gasteiger charge is -2.04. The highest BCUT2D eigenvalue weighted by Gasteiger charge is 1.98. The van der Waals surface area contributed by atoms with E-state index in [2.05, 4.69) is 28.3 Å². The SMILES string of the molecule is C=Cc1nccn1Cc1ccccc1. The Morgan fingerprint density at radius 1 is 1.29 bits per heavy atom. The molecule has 0 saturated heterocycles. The summed E-state index contributed by atoms with van der Waals surface area (Å²) in [6.07, 6.45) is 5.52. The predicted octanol–water partition coefficient (Wildman–Crippen LogP) is 2.57. The van der Waals surface area contributed by atoms with Crippen LogP contribution in [0.15, 0.2) is 49.3 Å². The Morgan fingerprint density at radius 3 is 2.79 bits per heavy atom. The van der Waals surface area contributed by atoms with E-state index in [1.54, 1.807) is 12.3 Å². The average molecular weight is 184 g/mol. The number of aromatic nitrogens is 2. The Balaban J connectivity index is 2.23. The lowest BCUT2D eigenvalue weighted by atomic mass is 10.2. The number of hydrogen-bond acceptors (Lipinski definition) is 1. The topological polar surface area (TPSA) is 17.8 Å². The van der Waals surface area contributed by atoms with Crippen molar-refractivity contribution in [1.82, 2.24) is 9.55 Å². The third kappa shape index (κ3) is 1.74. The molecule has 0 atom stereocenters. The Bertz CT molecular complexity index is 415. The van der Waals surface area contributed by atoms with Crippen molar-refractivity contribution >= 4 is 6.08 Å². The van der Waals surface area contributed by atoms with Crippen molar-refractivity contribution in [3.8, 4) is 0 Å². The molecule has 0 aliphatic carbocycles. The minimum atomic E-state index is 0.849. The molecule has 0 saturated carbocycles. The summed E-state index contributed by atoms with van der Waals surface area (Å²) in [5.74, 6) is 0.911. The Kier molecular flexibility index (Phi) is 2.45. The molecule has 14 heavy (non-hydrogen) atoms. The molecule has 0 fully saturated rings. The van der Waals surface area contributed by atoms with Gasteiger partial charge in [-0.3, -0.25) is 0 Å². The van der Waals surface area contributed by atoms with Crippen molar-refractivity contribution in [3.63, 3.8) is 0 Å². The first-order valence-electron chi connectivity index (χ1n) is 4.57. The lowest BCUT2D eigenvalue weighted by Crippen LogP contribution is -2.00. The van der Waals surface area contributed by atoms with Gasteiger partial charge in [-0.25, -0.2) is 4.98 Å². The molecule has 0 radical (unpaired) electrons. The van der Waals surface area contributed by atoms with Crippen LogP contribution >= 0.6 is 0 Å². The minimum Gasteiger partial charge on any atom is -0.327 e. The van der Waals surface area contributed by atoms with E-state index in [1.165, 1.54) is 5.56 Å². The fraction of sp³-hybridized carbons (Fsp3) is 0.0833. The molecule has 2 aromatic rings. The first-order valence-corrected chi connectivity index (χ1v) is 4.57. The predicted molar refractivity (Wildman–Crippen MR) is 57.9 cm³/mol. The van der Waals surface area contributed by atoms with E-state index < -0.39 is 0 Å². The normalized spacial score (nSPS) is 10.0. The van der Waals surface area contributed by atoms with Crippen molar-refractivity contribution in [2.75, 3.05) is 0 Å². The summed E-state index contributed by atoms with van der Waals surface area (Å²) in [5.41, 5.74) is 1.27. The van der Waals surface area contributed by atoms with Crippen molar-refractivity contribution < 1.29 is 0 Å². The molecule has 0 unspecified atom stereocenters. The summed E-state index contributed by atoms with van der Waals surface area (Å²) < 4.78 is 2.07. The number of rotatable bonds is 3. The molecule has 2 rings (SSSR count). The van der Waals surface area contributed by atoms with Crippen LogP contribution in [0.25, 0.3) is 6.08 Å². The number of hydrogen-bond donors (Lipinski definition) is 0. The van der Waals surface area contributed by atoms with Gasteiger partial charge in [-0.1, -0.05) is 36.9 Å². The third-order valence-electron chi connectivity index (χ3n) is 2.13. The number of imidazole rings is 1. The quantitative estimate of drug-likeness (QED) is 0.716. The molecule has 0 spiro atoms. The zero-order chi connectivity index (χ0) is 9.80. The molecule has 0 bridgehead atoms. The summed E-state index contributed by atoms with van der Waals surface area (Å²) in [6, 6.07) is 10.3. The molecular formula is C12H12N2. The standard InChI is InChI=1S/C12H12N2/c1-2-12-13-8-9-14(12)10-11-6-4-3-5-7-11/h2-9H,1,10H2. The molecule has 1 heterocycles. The first-order chi connectivity index (χ1) is 6.90. The highest BCUT2D eigenvalue weighted by atomic mass is 15.0. The van der Waals surface area contributed by atoms with Crippen molar-refractivity contribution in [1.29, 1.82) is 0 Å². The van der Waals surface area contributed by atoms with Gasteiger partial charge in [0.15, 0.2) is 0 Å². The van der Waals surface area contributed by atoms with Crippen LogP contribution in [-0.4, -0.2) is 9.55 Å². The third-order valence-corrected chi connectivity index (χ3v) is 2.13. The monoisotopic (exact) mass is 184 g/mol. The van der Waals surface area contributed by atoms with E-state index in [4.69, 9.17) is 0 Å². The van der Waals surface area contributed by atoms with E-state index >= 15 is 0 Å². The van der Waals surface area contributed by atoms with Crippen LogP contribution in [0.1, 0.15) is 11.4 Å². The number of nitrogens with zero attached hydrogens (tertiary/aromatic N) is 2. The zero-order valence-corrected chi connectivity index (χ0v) is 7.93. The summed E-state index contributed by atoms with van der Waals surface area (Å²) in [7, 11) is 0. The maximum Gasteiger partial charge on any atom is 0.132 e. The van der Waals surface area contributed by atoms with Gasteiger partial charge in [0.05, 0.1) is 0 Å². The van der Waals surface area contributed by atoms with Gasteiger partial charge >= 0.3 is 0 Å². The van der Waals surface area contributed by atoms with E-state index in [0.717, 1.165) is 12.4 Å². The van der Waals surface area contributed by atoms with Crippen LogP contribution in [-0.2, 0) is 6.54 Å². The highest BCUT2D eigenvalue weighted by Crippen LogP contribution is 2.05. The smallest absolute Gasteiger partial charge is 0.132 e. The van der Waals surface area contributed by atoms with Gasteiger partial charge in [-0.15, -0.1) is 0 Å². The van der Waals surface area contributed by atoms with E-state index in [9.17, 15) is 0 Å². The van der Waals surface area contributed by atoms with Gasteiger partial charge in [0.25, 0.3) is 0 Å². The maximum atomic E-state index is 4.18. The maximum absolute atomic E-state index is 4.18. The van der Waals surface area contributed by atoms with Crippen LogP contribution in [0.3, 0.4) is 0 Å². The van der Waals surface area contributed by atoms with Gasteiger partial charge in [0.2, 0.25) is 0 Å². The highest BCUT2D eigenvalue weighted by molar-refractivity contribution is 5.37. The molecular weight excluding hydrogens is 172 g/mol. The van der Waals surface area contributed by atoms with Crippen molar-refractivity contribution in [2.45, 2.75) is 6.54 Å². The van der Waals surface area contributed by atoms with Crippen LogP contribution in [0.4, 0.5) is 0 Å². The van der Waals surface area contributed by atoms with Crippen LogP contribution in [0, 0.1) is 0 Å². The van der Waals surface area contributed by atoms with Crippen LogP contribution in [0.2, 0.25) is 0 Å². The molecule has 1 aromatic carbocycles. The summed E-state index contributed by atoms with van der Waals surface area (Å²) in [6.45, 7) is 4.57. The average Bonchev–Trinajstić information content (AvgIpc) is 2.67. The molecule has 0 aliphatic rings. The minimum absolute atomic E-state index is 0.849. The first kappa shape index (κ1) is 8.75. The molecule has 0 amide bonds. The molecule has 0 N–H and O–H groups in total. The molecule has 0 aliphatic heterocycles. The zero-order valence-electron chi connectivity index (χ0n) is 7.93. The second-order valence-corrected chi connectivity index (χ2v) is 3.10. The Morgan fingerprint density at radius 2 is 2.07 bits per heavy atom. The molecule has 1 aromatic heterocycles. The largest absolute Gasteiger partial charge is 0.327 e. The van der Waals surface area contributed by atoms with Gasteiger partial charge in [-0.05, 0) is 11.6 Å². The van der Waals surface area contributed by atoms with Crippen molar-refractivity contribution in [3.05, 3.63) is 60.7 Å². The Labute approximate surface area is 83.5 Å². The fourth-order valence-electron chi connectivity index (χ4n) is 1.42.